The second-order valence-corrected chi connectivity index (χ2v) is 12.1. The first-order valence-corrected chi connectivity index (χ1v) is 16.0. The van der Waals surface area contributed by atoms with Crippen LogP contribution in [0.4, 0.5) is 0 Å². The highest BCUT2D eigenvalue weighted by molar-refractivity contribution is 6.10. The van der Waals surface area contributed by atoms with E-state index in [4.69, 9.17) is 0 Å². The minimum Gasteiger partial charge on any atom is -0.494 e. The monoisotopic (exact) mass is 652 g/mol. The number of carbonyl (C=O) groups is 1. The van der Waals surface area contributed by atoms with Gasteiger partial charge in [-0.25, -0.2) is 0 Å². The van der Waals surface area contributed by atoms with E-state index in [2.05, 4.69) is 112 Å². The highest BCUT2D eigenvalue weighted by Crippen LogP contribution is 2.35. The van der Waals surface area contributed by atoms with Crippen LogP contribution in [-0.2, 0) is 11.3 Å². The van der Waals surface area contributed by atoms with Gasteiger partial charge in [-0.15, -0.1) is 5.73 Å². The van der Waals surface area contributed by atoms with Crippen molar-refractivity contribution in [2.75, 3.05) is 0 Å². The minimum absolute atomic E-state index is 0.153. The fraction of sp³-hybridized carbons (Fsp3) is 0.0476. The van der Waals surface area contributed by atoms with Crippen LogP contribution in [0.5, 0.6) is 5.88 Å². The van der Waals surface area contributed by atoms with Gasteiger partial charge in [-0.3, -0.25) is 14.2 Å². The van der Waals surface area contributed by atoms with Crippen molar-refractivity contribution >= 4 is 61.7 Å². The number of carboxylic acid groups (broad SMARTS) is 1. The number of pyridine rings is 1. The number of carboxylic acids is 1. The Morgan fingerprint density at radius 2 is 1.22 bits per heavy atom. The first-order chi connectivity index (χ1) is 24.4. The number of fused-ring (bicyclic) bond motifs is 6. The summed E-state index contributed by atoms with van der Waals surface area (Å²) < 4.78 is 5.23. The molecule has 8 rings (SSSR count). The molecule has 3 heterocycles. The molecule has 0 spiro atoms. The molecule has 0 saturated carbocycles. The van der Waals surface area contributed by atoms with E-state index in [-0.39, 0.29) is 16.7 Å². The van der Waals surface area contributed by atoms with E-state index in [0.717, 1.165) is 49.8 Å². The summed E-state index contributed by atoms with van der Waals surface area (Å²) in [5.74, 6) is -1.84. The van der Waals surface area contributed by atoms with Crippen LogP contribution >= 0.6 is 0 Å². The Morgan fingerprint density at radius 1 is 0.720 bits per heavy atom. The van der Waals surface area contributed by atoms with Crippen LogP contribution in [0.2, 0.25) is 0 Å². The van der Waals surface area contributed by atoms with Crippen LogP contribution in [0.25, 0.3) is 67.1 Å². The molecule has 0 atom stereocenters. The van der Waals surface area contributed by atoms with Crippen LogP contribution in [0.1, 0.15) is 22.3 Å². The van der Waals surface area contributed by atoms with Gasteiger partial charge in [-0.05, 0) is 84.8 Å². The number of aliphatic carboxylic acids is 1. The van der Waals surface area contributed by atoms with Crippen LogP contribution in [0.3, 0.4) is 0 Å². The molecule has 2 N–H and O–H groups in total. The Hall–Kier alpha value is -7.07. The van der Waals surface area contributed by atoms with E-state index in [1.165, 1.54) is 23.8 Å². The number of aromatic nitrogens is 3. The summed E-state index contributed by atoms with van der Waals surface area (Å²) in [5.41, 5.74) is 9.74. The average molecular weight is 653 g/mol. The fourth-order valence-electron chi connectivity index (χ4n) is 6.96. The Balaban J connectivity index is 1.21. The molecule has 0 aliphatic heterocycles. The third-order valence-electron chi connectivity index (χ3n) is 9.26. The highest BCUT2D eigenvalue weighted by atomic mass is 16.4. The minimum atomic E-state index is -1.31. The van der Waals surface area contributed by atoms with Crippen molar-refractivity contribution in [2.45, 2.75) is 13.5 Å². The van der Waals surface area contributed by atoms with Crippen molar-refractivity contribution in [3.8, 4) is 23.3 Å². The molecule has 8 heteroatoms. The van der Waals surface area contributed by atoms with Crippen molar-refractivity contribution in [3.05, 3.63) is 154 Å². The fourth-order valence-corrected chi connectivity index (χ4v) is 6.96. The van der Waals surface area contributed by atoms with Gasteiger partial charge in [-0.2, -0.15) is 5.26 Å². The zero-order valence-corrected chi connectivity index (χ0v) is 26.8. The van der Waals surface area contributed by atoms with Crippen molar-refractivity contribution in [1.29, 1.82) is 5.26 Å². The molecule has 0 unspecified atom stereocenters. The molecule has 5 aromatic carbocycles. The molecular weight excluding hydrogens is 624 g/mol. The van der Waals surface area contributed by atoms with Gasteiger partial charge >= 0.3 is 5.97 Å². The molecule has 8 aromatic rings. The second-order valence-electron chi connectivity index (χ2n) is 12.1. The Bertz CT molecular complexity index is 2800. The molecule has 0 bridgehead atoms. The SMILES string of the molecule is Cc1c(C=C=Cc2ccc3c(c2)c2ccccc2n3-c2ccc(-n3c4ccccc4c4ccccc43)cc2)c(O)n(CC(=O)O)c(=O)c1C#N. The van der Waals surface area contributed by atoms with Crippen molar-refractivity contribution < 1.29 is 15.0 Å². The number of nitriles is 1. The van der Waals surface area contributed by atoms with Crippen LogP contribution in [-0.4, -0.2) is 29.9 Å². The smallest absolute Gasteiger partial charge is 0.323 e. The Kier molecular flexibility index (Phi) is 7.19. The van der Waals surface area contributed by atoms with E-state index >= 15 is 0 Å². The number of nitrogens with zero attached hydrogens (tertiary/aromatic N) is 4. The molecule has 0 fully saturated rings. The maximum atomic E-state index is 12.6. The summed E-state index contributed by atoms with van der Waals surface area (Å²) in [4.78, 5) is 23.9. The number of benzene rings is 5. The molecule has 0 radical (unpaired) electrons. The summed E-state index contributed by atoms with van der Waals surface area (Å²) >= 11 is 0. The lowest BCUT2D eigenvalue weighted by atomic mass is 10.0. The standard InChI is InChI=1S/C42H28N4O4/c1-26-30(41(49)44(25-40(47)48)42(50)35(26)24-43)13-8-9-27-17-22-39-34(23-27)33-12-4-7-16-38(33)46(39)29-20-18-28(19-21-29)45-36-14-5-2-10-31(36)32-11-3-6-15-37(32)45/h2-7,9-23,49H,25H2,1H3,(H,47,48). The molecule has 3 aromatic heterocycles. The predicted molar refractivity (Wildman–Crippen MR) is 197 cm³/mol. The maximum absolute atomic E-state index is 12.6. The molecule has 0 amide bonds. The normalized spacial score (nSPS) is 11.2. The van der Waals surface area contributed by atoms with Gasteiger partial charge in [0.2, 0.25) is 5.88 Å². The maximum Gasteiger partial charge on any atom is 0.323 e. The number of hydrogen-bond acceptors (Lipinski definition) is 4. The largest absolute Gasteiger partial charge is 0.494 e. The number of aromatic hydroxyl groups is 1. The Labute approximate surface area is 285 Å². The van der Waals surface area contributed by atoms with E-state index in [0.29, 0.717) is 4.57 Å². The van der Waals surface area contributed by atoms with Gasteiger partial charge in [0.15, 0.2) is 0 Å². The summed E-state index contributed by atoms with van der Waals surface area (Å²) in [5, 5.41) is 34.1. The lowest BCUT2D eigenvalue weighted by Crippen LogP contribution is -2.27. The summed E-state index contributed by atoms with van der Waals surface area (Å²) in [6, 6.07) is 41.7. The quantitative estimate of drug-likeness (QED) is 0.175. The topological polar surface area (TPSA) is 113 Å². The summed E-state index contributed by atoms with van der Waals surface area (Å²) in [7, 11) is 0. The van der Waals surface area contributed by atoms with Crippen LogP contribution in [0.15, 0.2) is 126 Å². The van der Waals surface area contributed by atoms with Gasteiger partial charge < -0.3 is 19.3 Å². The number of rotatable bonds is 6. The molecule has 8 nitrogen and oxygen atoms in total. The third kappa shape index (κ3) is 4.77. The lowest BCUT2D eigenvalue weighted by molar-refractivity contribution is -0.137. The summed E-state index contributed by atoms with van der Waals surface area (Å²) in [6.07, 6.45) is 3.19. The van der Waals surface area contributed by atoms with E-state index in [1.54, 1.807) is 6.08 Å². The third-order valence-corrected chi connectivity index (χ3v) is 9.26. The van der Waals surface area contributed by atoms with Gasteiger partial charge in [0.25, 0.3) is 5.56 Å². The predicted octanol–water partition coefficient (Wildman–Crippen LogP) is 8.34. The van der Waals surface area contributed by atoms with E-state index in [9.17, 15) is 25.1 Å². The molecular formula is C42H28N4O4. The van der Waals surface area contributed by atoms with Crippen molar-refractivity contribution in [2.24, 2.45) is 0 Å². The molecule has 0 aliphatic carbocycles. The zero-order chi connectivity index (χ0) is 34.5. The molecule has 0 aliphatic rings. The van der Waals surface area contributed by atoms with Gasteiger partial charge in [-0.1, -0.05) is 60.7 Å². The number of para-hydroxylation sites is 3. The van der Waals surface area contributed by atoms with Gasteiger partial charge in [0.05, 0.1) is 22.1 Å². The van der Waals surface area contributed by atoms with E-state index < -0.39 is 24.0 Å². The van der Waals surface area contributed by atoms with Crippen LogP contribution < -0.4 is 5.56 Å². The van der Waals surface area contributed by atoms with Crippen molar-refractivity contribution in [1.82, 2.24) is 13.7 Å². The van der Waals surface area contributed by atoms with Gasteiger partial charge in [0.1, 0.15) is 18.2 Å². The average Bonchev–Trinajstić information content (AvgIpc) is 3.64. The Morgan fingerprint density at radius 3 is 1.74 bits per heavy atom. The van der Waals surface area contributed by atoms with Crippen LogP contribution in [0, 0.1) is 18.3 Å². The van der Waals surface area contributed by atoms with E-state index in [1.807, 2.05) is 24.3 Å². The van der Waals surface area contributed by atoms with Crippen molar-refractivity contribution in [3.63, 3.8) is 0 Å². The van der Waals surface area contributed by atoms with Gasteiger partial charge in [0, 0.05) is 38.5 Å². The second kappa shape index (κ2) is 11.9. The number of hydrogen-bond donors (Lipinski definition) is 2. The summed E-state index contributed by atoms with van der Waals surface area (Å²) in [6.45, 7) is 0.766. The molecule has 0 saturated heterocycles. The zero-order valence-electron chi connectivity index (χ0n) is 26.8. The first-order valence-electron chi connectivity index (χ1n) is 16.0. The molecule has 240 valence electrons. The molecule has 50 heavy (non-hydrogen) atoms. The highest BCUT2D eigenvalue weighted by Gasteiger charge is 2.19. The lowest BCUT2D eigenvalue weighted by Gasteiger charge is -2.12. The first kappa shape index (κ1) is 30.3.